The Morgan fingerprint density at radius 2 is 1.93 bits per heavy atom. The Labute approximate surface area is 241 Å². The molecule has 1 aliphatic rings. The summed E-state index contributed by atoms with van der Waals surface area (Å²) in [5.41, 5.74) is 8.81. The van der Waals surface area contributed by atoms with Crippen LogP contribution in [0.25, 0.3) is 22.6 Å². The molecule has 216 valence electrons. The van der Waals surface area contributed by atoms with Crippen molar-refractivity contribution >= 4 is 28.4 Å². The van der Waals surface area contributed by atoms with Gasteiger partial charge in [-0.3, -0.25) is 9.69 Å². The van der Waals surface area contributed by atoms with Crippen molar-refractivity contribution in [3.63, 3.8) is 0 Å². The van der Waals surface area contributed by atoms with E-state index >= 15 is 0 Å². The summed E-state index contributed by atoms with van der Waals surface area (Å²) in [7, 11) is 0. The Kier molecular flexibility index (Phi) is 7.92. The molecule has 4 heterocycles. The van der Waals surface area contributed by atoms with Crippen LogP contribution in [-0.2, 0) is 6.54 Å². The Bertz CT molecular complexity index is 1680. The second-order valence-corrected chi connectivity index (χ2v) is 9.74. The summed E-state index contributed by atoms with van der Waals surface area (Å²) in [5.74, 6) is 2.07. The van der Waals surface area contributed by atoms with E-state index in [1.165, 1.54) is 0 Å². The van der Waals surface area contributed by atoms with Crippen LogP contribution in [0.2, 0.25) is 0 Å². The van der Waals surface area contributed by atoms with Crippen molar-refractivity contribution in [2.75, 3.05) is 50.4 Å². The van der Waals surface area contributed by atoms with E-state index in [9.17, 15) is 4.79 Å². The van der Waals surface area contributed by atoms with Gasteiger partial charge in [0.05, 0.1) is 11.7 Å². The van der Waals surface area contributed by atoms with Crippen molar-refractivity contribution in [3.05, 3.63) is 66.4 Å². The number of nitrogens with zero attached hydrogens (tertiary/aromatic N) is 6. The van der Waals surface area contributed by atoms with Crippen LogP contribution in [-0.4, -0.2) is 75.0 Å². The summed E-state index contributed by atoms with van der Waals surface area (Å²) in [6.45, 7) is 8.16. The smallest absolute Gasteiger partial charge is 0.255 e. The largest absolute Gasteiger partial charge is 0.492 e. The van der Waals surface area contributed by atoms with Gasteiger partial charge >= 0.3 is 0 Å². The first kappa shape index (κ1) is 27.2. The Morgan fingerprint density at radius 3 is 2.69 bits per heavy atom. The van der Waals surface area contributed by atoms with Crippen LogP contribution < -0.4 is 25.8 Å². The molecule has 5 aromatic rings. The first-order valence-corrected chi connectivity index (χ1v) is 13.8. The van der Waals surface area contributed by atoms with Gasteiger partial charge in [-0.2, -0.15) is 0 Å². The zero-order valence-electron chi connectivity index (χ0n) is 23.1. The third-order valence-electron chi connectivity index (χ3n) is 6.97. The number of piperazine rings is 1. The molecule has 1 fully saturated rings. The normalized spacial score (nSPS) is 13.7. The zero-order valence-corrected chi connectivity index (χ0v) is 23.1. The van der Waals surface area contributed by atoms with E-state index < -0.39 is 0 Å². The minimum absolute atomic E-state index is 0.161. The maximum absolute atomic E-state index is 12.9. The molecule has 0 spiro atoms. The summed E-state index contributed by atoms with van der Waals surface area (Å²) in [6, 6.07) is 16.0. The number of amides is 1. The minimum Gasteiger partial charge on any atom is -0.492 e. The Hall–Kier alpha value is -5.01. The second kappa shape index (κ2) is 12.2. The second-order valence-electron chi connectivity index (χ2n) is 9.74. The molecular weight excluding hydrogens is 538 g/mol. The first-order chi connectivity index (χ1) is 20.6. The van der Waals surface area contributed by atoms with Crippen LogP contribution in [0.4, 0.5) is 11.5 Å². The lowest BCUT2D eigenvalue weighted by atomic mass is 10.2. The van der Waals surface area contributed by atoms with Crippen LogP contribution >= 0.6 is 0 Å². The van der Waals surface area contributed by atoms with E-state index in [2.05, 4.69) is 35.8 Å². The Morgan fingerprint density at radius 1 is 1.10 bits per heavy atom. The highest BCUT2D eigenvalue weighted by atomic mass is 16.6. The van der Waals surface area contributed by atoms with Gasteiger partial charge < -0.3 is 30.4 Å². The molecule has 1 aliphatic heterocycles. The van der Waals surface area contributed by atoms with Gasteiger partial charge in [0.1, 0.15) is 23.6 Å². The van der Waals surface area contributed by atoms with Crippen molar-refractivity contribution in [2.45, 2.75) is 13.5 Å². The zero-order chi connectivity index (χ0) is 28.9. The fraction of sp³-hybridized carbons (Fsp3) is 0.276. The van der Waals surface area contributed by atoms with Gasteiger partial charge in [0.2, 0.25) is 5.88 Å². The number of nitrogens with one attached hydrogen (secondary N) is 2. The maximum atomic E-state index is 12.9. The summed E-state index contributed by atoms with van der Waals surface area (Å²) < 4.78 is 18.6. The molecule has 6 rings (SSSR count). The number of fused-ring (bicyclic) bond motifs is 1. The van der Waals surface area contributed by atoms with Crippen molar-refractivity contribution in [3.8, 4) is 28.9 Å². The van der Waals surface area contributed by atoms with E-state index in [0.29, 0.717) is 53.1 Å². The van der Waals surface area contributed by atoms with Crippen molar-refractivity contribution in [2.24, 2.45) is 0 Å². The Balaban J connectivity index is 1.09. The predicted molar refractivity (Wildman–Crippen MR) is 157 cm³/mol. The average Bonchev–Trinajstić information content (AvgIpc) is 3.60. The lowest BCUT2D eigenvalue weighted by Crippen LogP contribution is -2.44. The molecule has 0 bridgehead atoms. The average molecular weight is 570 g/mol. The van der Waals surface area contributed by atoms with Crippen LogP contribution in [0, 0.1) is 0 Å². The molecule has 3 aromatic heterocycles. The van der Waals surface area contributed by atoms with Gasteiger partial charge in [0.25, 0.3) is 5.91 Å². The molecular formula is C29H31N9O4. The fourth-order valence-corrected chi connectivity index (χ4v) is 4.81. The number of carbonyl (C=O) groups is 1. The molecule has 0 aliphatic carbocycles. The summed E-state index contributed by atoms with van der Waals surface area (Å²) in [5, 5.41) is 13.8. The number of aryl methyl sites for hydroxylation is 1. The number of hydrogen-bond donors (Lipinski definition) is 3. The number of carbonyl (C=O) groups excluding carboxylic acids is 1. The van der Waals surface area contributed by atoms with E-state index in [1.807, 2.05) is 23.6 Å². The molecule has 42 heavy (non-hydrogen) atoms. The number of hydrogen-bond acceptors (Lipinski definition) is 11. The third kappa shape index (κ3) is 6.01. The van der Waals surface area contributed by atoms with E-state index in [0.717, 1.165) is 44.0 Å². The first-order valence-electron chi connectivity index (χ1n) is 13.8. The highest BCUT2D eigenvalue weighted by Crippen LogP contribution is 2.30. The molecule has 2 aromatic carbocycles. The number of nitrogen functional groups attached to an aromatic ring is 1. The molecule has 1 saturated heterocycles. The van der Waals surface area contributed by atoms with Gasteiger partial charge in [-0.15, -0.1) is 0 Å². The number of ether oxygens (including phenoxy) is 2. The van der Waals surface area contributed by atoms with Gasteiger partial charge in [0, 0.05) is 62.7 Å². The fourth-order valence-electron chi connectivity index (χ4n) is 4.81. The van der Waals surface area contributed by atoms with Crippen molar-refractivity contribution < 1.29 is 18.9 Å². The van der Waals surface area contributed by atoms with Crippen LogP contribution in [0.5, 0.6) is 17.4 Å². The molecule has 4 N–H and O–H groups in total. The van der Waals surface area contributed by atoms with Crippen LogP contribution in [0.15, 0.2) is 65.4 Å². The number of nitrogens with two attached hydrogens (primary N) is 1. The van der Waals surface area contributed by atoms with E-state index in [-0.39, 0.29) is 11.7 Å². The molecule has 13 heteroatoms. The molecule has 0 unspecified atom stereocenters. The monoisotopic (exact) mass is 569 g/mol. The number of imidazole rings is 1. The lowest BCUT2D eigenvalue weighted by molar-refractivity contribution is 0.102. The number of benzene rings is 2. The summed E-state index contributed by atoms with van der Waals surface area (Å²) in [6.07, 6.45) is 1.62. The number of pyridine rings is 1. The molecule has 13 nitrogen and oxygen atoms in total. The van der Waals surface area contributed by atoms with Gasteiger partial charge in [0.15, 0.2) is 17.3 Å². The predicted octanol–water partition coefficient (Wildman–Crippen LogP) is 3.41. The number of aromatic nitrogens is 5. The van der Waals surface area contributed by atoms with E-state index in [4.69, 9.17) is 19.8 Å². The van der Waals surface area contributed by atoms with Crippen LogP contribution in [0.3, 0.4) is 0 Å². The van der Waals surface area contributed by atoms with Crippen LogP contribution in [0.1, 0.15) is 17.3 Å². The maximum Gasteiger partial charge on any atom is 0.255 e. The number of anilines is 2. The molecule has 1 amide bonds. The quantitative estimate of drug-likeness (QED) is 0.226. The topological polar surface area (TPSA) is 158 Å². The summed E-state index contributed by atoms with van der Waals surface area (Å²) >= 11 is 0. The SMILES string of the molecule is CCn1c(-c2nonc2N)nc2cnc(Oc3cccc(NC(=O)c4ccc(OCCN5CCNCC5)cc4)c3)cc21. The minimum atomic E-state index is -0.236. The van der Waals surface area contributed by atoms with Gasteiger partial charge in [-0.25, -0.2) is 14.6 Å². The highest BCUT2D eigenvalue weighted by molar-refractivity contribution is 6.04. The lowest BCUT2D eigenvalue weighted by Gasteiger charge is -2.26. The van der Waals surface area contributed by atoms with E-state index in [1.54, 1.807) is 48.7 Å². The third-order valence-corrected chi connectivity index (χ3v) is 6.97. The molecule has 0 saturated carbocycles. The summed E-state index contributed by atoms with van der Waals surface area (Å²) in [4.78, 5) is 24.3. The molecule has 0 radical (unpaired) electrons. The highest BCUT2D eigenvalue weighted by Gasteiger charge is 2.19. The van der Waals surface area contributed by atoms with Crippen molar-refractivity contribution in [1.82, 2.24) is 35.1 Å². The number of rotatable bonds is 10. The molecule has 0 atom stereocenters. The standard InChI is InChI=1S/C29H31N9O4/c1-2-38-24-17-25(32-18-23(24)34-28(38)26-27(30)36-42-35-26)41-22-5-3-4-20(16-22)33-29(39)19-6-8-21(9-7-19)40-15-14-37-12-10-31-11-13-37/h3-9,16-18,31H,2,10-15H2,1H3,(H2,30,36)(H,33,39). The van der Waals surface area contributed by atoms with Crippen molar-refractivity contribution in [1.29, 1.82) is 0 Å². The van der Waals surface area contributed by atoms with Gasteiger partial charge in [-0.1, -0.05) is 6.07 Å². The van der Waals surface area contributed by atoms with Gasteiger partial charge in [-0.05, 0) is 53.6 Å².